The van der Waals surface area contributed by atoms with Crippen molar-refractivity contribution >= 4 is 11.8 Å². The van der Waals surface area contributed by atoms with Crippen LogP contribution in [0.2, 0.25) is 0 Å². The highest BCUT2D eigenvalue weighted by molar-refractivity contribution is 7.99. The lowest BCUT2D eigenvalue weighted by atomic mass is 9.75. The second-order valence-electron chi connectivity index (χ2n) is 6.32. The largest absolute Gasteiger partial charge is 0.392 e. The van der Waals surface area contributed by atoms with E-state index < -0.39 is 0 Å². The molecule has 0 amide bonds. The van der Waals surface area contributed by atoms with Gasteiger partial charge in [0.15, 0.2) is 0 Å². The van der Waals surface area contributed by atoms with Gasteiger partial charge in [-0.2, -0.15) is 0 Å². The summed E-state index contributed by atoms with van der Waals surface area (Å²) < 4.78 is 0. The van der Waals surface area contributed by atoms with Crippen molar-refractivity contribution in [1.82, 2.24) is 0 Å². The predicted octanol–water partition coefficient (Wildman–Crippen LogP) is 4.52. The van der Waals surface area contributed by atoms with Crippen LogP contribution in [0.4, 0.5) is 0 Å². The van der Waals surface area contributed by atoms with Gasteiger partial charge in [0.25, 0.3) is 0 Å². The smallest absolute Gasteiger partial charge is 0.0662 e. The molecule has 1 N–H and O–H groups in total. The molecule has 0 spiro atoms. The molecular weight excluding hydrogens is 252 g/mol. The maximum atomic E-state index is 10.4. The summed E-state index contributed by atoms with van der Waals surface area (Å²) in [4.78, 5) is 1.30. The van der Waals surface area contributed by atoms with Gasteiger partial charge in [0.2, 0.25) is 0 Å². The molecular formula is C17H26OS. The summed E-state index contributed by atoms with van der Waals surface area (Å²) in [5.74, 6) is 2.86. The Morgan fingerprint density at radius 1 is 1.16 bits per heavy atom. The van der Waals surface area contributed by atoms with Crippen LogP contribution in [-0.2, 0) is 0 Å². The zero-order valence-corrected chi connectivity index (χ0v) is 13.1. The molecule has 0 bridgehead atoms. The Hall–Kier alpha value is -0.470. The lowest BCUT2D eigenvalue weighted by Gasteiger charge is -2.34. The average Bonchev–Trinajstić information content (AvgIpc) is 2.36. The van der Waals surface area contributed by atoms with Gasteiger partial charge in [-0.05, 0) is 55.6 Å². The van der Waals surface area contributed by atoms with Crippen LogP contribution in [0.3, 0.4) is 0 Å². The summed E-state index contributed by atoms with van der Waals surface area (Å²) in [5, 5.41) is 10.4. The van der Waals surface area contributed by atoms with Crippen molar-refractivity contribution in [2.75, 3.05) is 5.75 Å². The topological polar surface area (TPSA) is 20.2 Å². The van der Waals surface area contributed by atoms with Gasteiger partial charge in [-0.3, -0.25) is 0 Å². The van der Waals surface area contributed by atoms with E-state index in [0.717, 1.165) is 17.6 Å². The van der Waals surface area contributed by atoms with Crippen molar-refractivity contribution in [2.45, 2.75) is 51.0 Å². The van der Waals surface area contributed by atoms with Gasteiger partial charge in [-0.1, -0.05) is 32.0 Å². The summed E-state index contributed by atoms with van der Waals surface area (Å²) in [6.45, 7) is 6.78. The Bertz CT molecular complexity index is 394. The molecule has 3 atom stereocenters. The zero-order valence-electron chi connectivity index (χ0n) is 12.3. The molecule has 1 aliphatic carbocycles. The minimum Gasteiger partial charge on any atom is -0.392 e. The van der Waals surface area contributed by atoms with Gasteiger partial charge >= 0.3 is 0 Å². The Kier molecular flexibility index (Phi) is 5.35. The molecule has 1 aromatic carbocycles. The quantitative estimate of drug-likeness (QED) is 0.817. The van der Waals surface area contributed by atoms with Crippen LogP contribution >= 0.6 is 11.8 Å². The molecule has 1 fully saturated rings. The number of benzene rings is 1. The summed E-state index contributed by atoms with van der Waals surface area (Å²) in [6, 6.07) is 8.44. The van der Waals surface area contributed by atoms with Crippen LogP contribution in [0.5, 0.6) is 0 Å². The third kappa shape index (κ3) is 4.25. The minimum absolute atomic E-state index is 0.158. The lowest BCUT2D eigenvalue weighted by Crippen LogP contribution is -2.30. The van der Waals surface area contributed by atoms with Crippen molar-refractivity contribution in [2.24, 2.45) is 17.8 Å². The van der Waals surface area contributed by atoms with Gasteiger partial charge in [0, 0.05) is 10.6 Å². The maximum absolute atomic E-state index is 10.4. The van der Waals surface area contributed by atoms with Crippen molar-refractivity contribution < 1.29 is 5.11 Å². The molecule has 1 aliphatic rings. The molecule has 1 saturated carbocycles. The van der Waals surface area contributed by atoms with E-state index in [9.17, 15) is 5.11 Å². The van der Waals surface area contributed by atoms with Crippen molar-refractivity contribution in [1.29, 1.82) is 0 Å². The van der Waals surface area contributed by atoms with Crippen LogP contribution in [-0.4, -0.2) is 17.0 Å². The highest BCUT2D eigenvalue weighted by atomic mass is 32.2. The molecule has 1 aromatic rings. The molecule has 19 heavy (non-hydrogen) atoms. The van der Waals surface area contributed by atoms with Crippen molar-refractivity contribution in [3.8, 4) is 0 Å². The second kappa shape index (κ2) is 6.81. The van der Waals surface area contributed by atoms with Gasteiger partial charge in [0.1, 0.15) is 0 Å². The first-order valence-electron chi connectivity index (χ1n) is 7.42. The van der Waals surface area contributed by atoms with E-state index in [1.807, 2.05) is 0 Å². The van der Waals surface area contributed by atoms with E-state index in [4.69, 9.17) is 0 Å². The first kappa shape index (κ1) is 14.9. The van der Waals surface area contributed by atoms with Gasteiger partial charge < -0.3 is 5.11 Å². The van der Waals surface area contributed by atoms with E-state index in [1.165, 1.54) is 29.7 Å². The van der Waals surface area contributed by atoms with Gasteiger partial charge in [0.05, 0.1) is 6.10 Å². The van der Waals surface area contributed by atoms with E-state index in [-0.39, 0.29) is 6.10 Å². The highest BCUT2D eigenvalue weighted by Gasteiger charge is 2.28. The van der Waals surface area contributed by atoms with E-state index in [0.29, 0.717) is 5.92 Å². The SMILES string of the molecule is Cc1ccccc1SCC(O)C1CC(C)CC(C)C1. The van der Waals surface area contributed by atoms with E-state index in [2.05, 4.69) is 45.0 Å². The fourth-order valence-corrected chi connectivity index (χ4v) is 4.45. The molecule has 0 radical (unpaired) electrons. The minimum atomic E-state index is -0.158. The number of aliphatic hydroxyl groups excluding tert-OH is 1. The number of rotatable bonds is 4. The summed E-state index contributed by atoms with van der Waals surface area (Å²) in [5.41, 5.74) is 1.31. The fraction of sp³-hybridized carbons (Fsp3) is 0.647. The standard InChI is InChI=1S/C17H26OS/c1-12-8-13(2)10-15(9-12)16(18)11-19-17-7-5-4-6-14(17)3/h4-7,12-13,15-16,18H,8-11H2,1-3H3. The number of hydrogen-bond acceptors (Lipinski definition) is 2. The van der Waals surface area contributed by atoms with E-state index in [1.54, 1.807) is 11.8 Å². The molecule has 3 unspecified atom stereocenters. The molecule has 0 saturated heterocycles. The maximum Gasteiger partial charge on any atom is 0.0662 e. The monoisotopic (exact) mass is 278 g/mol. The number of aliphatic hydroxyl groups is 1. The van der Waals surface area contributed by atoms with Crippen LogP contribution in [0.1, 0.15) is 38.7 Å². The molecule has 2 rings (SSSR count). The Balaban J connectivity index is 1.87. The second-order valence-corrected chi connectivity index (χ2v) is 7.38. The summed E-state index contributed by atoms with van der Waals surface area (Å²) in [6.07, 6.45) is 3.56. The van der Waals surface area contributed by atoms with Crippen molar-refractivity contribution in [3.63, 3.8) is 0 Å². The third-order valence-corrected chi connectivity index (χ3v) is 5.54. The normalized spacial score (nSPS) is 29.2. The Morgan fingerprint density at radius 3 is 2.42 bits per heavy atom. The number of aryl methyl sites for hydroxylation is 1. The van der Waals surface area contributed by atoms with E-state index >= 15 is 0 Å². The van der Waals surface area contributed by atoms with Crippen LogP contribution in [0, 0.1) is 24.7 Å². The average molecular weight is 278 g/mol. The Morgan fingerprint density at radius 2 is 1.79 bits per heavy atom. The summed E-state index contributed by atoms with van der Waals surface area (Å²) >= 11 is 1.80. The van der Waals surface area contributed by atoms with Gasteiger partial charge in [-0.25, -0.2) is 0 Å². The van der Waals surface area contributed by atoms with Crippen LogP contribution in [0.15, 0.2) is 29.2 Å². The predicted molar refractivity (Wildman–Crippen MR) is 83.6 cm³/mol. The first-order valence-corrected chi connectivity index (χ1v) is 8.41. The lowest BCUT2D eigenvalue weighted by molar-refractivity contribution is 0.0723. The zero-order chi connectivity index (χ0) is 13.8. The fourth-order valence-electron chi connectivity index (χ4n) is 3.35. The van der Waals surface area contributed by atoms with Gasteiger partial charge in [-0.15, -0.1) is 11.8 Å². The summed E-state index contributed by atoms with van der Waals surface area (Å²) in [7, 11) is 0. The molecule has 0 heterocycles. The first-order chi connectivity index (χ1) is 9.06. The molecule has 2 heteroatoms. The molecule has 0 aromatic heterocycles. The Labute approximate surface area is 121 Å². The number of hydrogen-bond donors (Lipinski definition) is 1. The molecule has 0 aliphatic heterocycles. The highest BCUT2D eigenvalue weighted by Crippen LogP contribution is 2.36. The molecule has 106 valence electrons. The van der Waals surface area contributed by atoms with Crippen molar-refractivity contribution in [3.05, 3.63) is 29.8 Å². The molecule has 1 nitrogen and oxygen atoms in total. The van der Waals surface area contributed by atoms with Crippen LogP contribution < -0.4 is 0 Å². The van der Waals surface area contributed by atoms with Crippen LogP contribution in [0.25, 0.3) is 0 Å². The number of thioether (sulfide) groups is 1. The third-order valence-electron chi connectivity index (χ3n) is 4.26.